The van der Waals surface area contributed by atoms with Gasteiger partial charge in [-0.15, -0.1) is 0 Å². The first-order chi connectivity index (χ1) is 12.2. The van der Waals surface area contributed by atoms with E-state index in [1.807, 2.05) is 45.9 Å². The average molecular weight is 372 g/mol. The van der Waals surface area contributed by atoms with Crippen molar-refractivity contribution in [3.63, 3.8) is 0 Å². The third-order valence-corrected chi connectivity index (χ3v) is 6.88. The van der Waals surface area contributed by atoms with E-state index in [4.69, 9.17) is 0 Å². The molecule has 0 saturated carbocycles. The van der Waals surface area contributed by atoms with Gasteiger partial charge in [-0.3, -0.25) is 9.48 Å². The third-order valence-electron chi connectivity index (χ3n) is 5.13. The highest BCUT2D eigenvalue weighted by molar-refractivity contribution is 7.91. The lowest BCUT2D eigenvalue weighted by atomic mass is 10.0. The van der Waals surface area contributed by atoms with Crippen LogP contribution in [-0.4, -0.2) is 35.5 Å². The van der Waals surface area contributed by atoms with Gasteiger partial charge in [0.1, 0.15) is 0 Å². The molecule has 0 amide bonds. The fourth-order valence-electron chi connectivity index (χ4n) is 3.39. The van der Waals surface area contributed by atoms with Crippen LogP contribution in [0, 0.1) is 27.7 Å². The van der Waals surface area contributed by atoms with E-state index in [-0.39, 0.29) is 23.3 Å². The summed E-state index contributed by atoms with van der Waals surface area (Å²) in [7, 11) is -2.97. The van der Waals surface area contributed by atoms with E-state index in [2.05, 4.69) is 5.10 Å². The van der Waals surface area contributed by atoms with Gasteiger partial charge in [0.05, 0.1) is 23.2 Å². The maximum absolute atomic E-state index is 12.5. The molecule has 3 rings (SSSR count). The van der Waals surface area contributed by atoms with E-state index in [9.17, 15) is 13.2 Å². The molecule has 26 heavy (non-hydrogen) atoms. The Morgan fingerprint density at radius 3 is 2.54 bits per heavy atom. The van der Waals surface area contributed by atoms with Crippen LogP contribution >= 0.6 is 0 Å². The molecule has 138 valence electrons. The molecule has 1 aliphatic heterocycles. The Bertz CT molecular complexity index is 1000. The second kappa shape index (κ2) is 6.83. The number of aromatic nitrogens is 2. The number of benzene rings is 1. The highest BCUT2D eigenvalue weighted by atomic mass is 32.2. The number of hydrogen-bond acceptors (Lipinski definition) is 4. The summed E-state index contributed by atoms with van der Waals surface area (Å²) >= 11 is 0. The van der Waals surface area contributed by atoms with Crippen LogP contribution in [0.5, 0.6) is 0 Å². The second-order valence-corrected chi connectivity index (χ2v) is 9.31. The zero-order valence-corrected chi connectivity index (χ0v) is 16.4. The van der Waals surface area contributed by atoms with Crippen molar-refractivity contribution in [3.8, 4) is 0 Å². The normalized spacial score (nSPS) is 19.3. The number of carbonyl (C=O) groups is 1. The van der Waals surface area contributed by atoms with Crippen LogP contribution in [0.2, 0.25) is 0 Å². The SMILES string of the molecule is Cc1ccc(C(=O)/C=C/c2c(C)nn([C@@H]3CCS(=O)(=O)C3)c2C)cc1C. The quantitative estimate of drug-likeness (QED) is 0.609. The molecule has 6 heteroatoms. The molecule has 0 N–H and O–H groups in total. The monoisotopic (exact) mass is 372 g/mol. The van der Waals surface area contributed by atoms with Crippen molar-refractivity contribution >= 4 is 21.7 Å². The summed E-state index contributed by atoms with van der Waals surface area (Å²) in [6, 6.07) is 5.57. The topological polar surface area (TPSA) is 69.0 Å². The third kappa shape index (κ3) is 3.65. The number of sulfone groups is 1. The molecule has 5 nitrogen and oxygen atoms in total. The summed E-state index contributed by atoms with van der Waals surface area (Å²) in [6.45, 7) is 7.81. The van der Waals surface area contributed by atoms with Gasteiger partial charge in [-0.25, -0.2) is 8.42 Å². The zero-order chi connectivity index (χ0) is 19.1. The maximum atomic E-state index is 12.5. The fourth-order valence-corrected chi connectivity index (χ4v) is 5.08. The van der Waals surface area contributed by atoms with Crippen molar-refractivity contribution in [2.45, 2.75) is 40.2 Å². The molecule has 1 saturated heterocycles. The highest BCUT2D eigenvalue weighted by Crippen LogP contribution is 2.27. The second-order valence-electron chi connectivity index (χ2n) is 7.08. The first kappa shape index (κ1) is 18.6. The molecular weight excluding hydrogens is 348 g/mol. The summed E-state index contributed by atoms with van der Waals surface area (Å²) in [5, 5.41) is 4.52. The number of ketones is 1. The Morgan fingerprint density at radius 2 is 1.92 bits per heavy atom. The minimum Gasteiger partial charge on any atom is -0.289 e. The van der Waals surface area contributed by atoms with Gasteiger partial charge < -0.3 is 0 Å². The predicted molar refractivity (Wildman–Crippen MR) is 103 cm³/mol. The molecular formula is C20H24N2O3S. The average Bonchev–Trinajstić information content (AvgIpc) is 3.07. The van der Waals surface area contributed by atoms with Gasteiger partial charge in [0.15, 0.2) is 15.6 Å². The van der Waals surface area contributed by atoms with Crippen LogP contribution in [0.3, 0.4) is 0 Å². The van der Waals surface area contributed by atoms with Crippen molar-refractivity contribution in [1.82, 2.24) is 9.78 Å². The Morgan fingerprint density at radius 1 is 1.19 bits per heavy atom. The highest BCUT2D eigenvalue weighted by Gasteiger charge is 2.31. The molecule has 0 spiro atoms. The largest absolute Gasteiger partial charge is 0.289 e. The molecule has 0 radical (unpaired) electrons. The number of aryl methyl sites for hydroxylation is 3. The van der Waals surface area contributed by atoms with Crippen molar-refractivity contribution in [2.24, 2.45) is 0 Å². The lowest BCUT2D eigenvalue weighted by Crippen LogP contribution is -2.13. The number of carbonyl (C=O) groups excluding carboxylic acids is 1. The summed E-state index contributed by atoms with van der Waals surface area (Å²) in [6.07, 6.45) is 3.95. The van der Waals surface area contributed by atoms with E-state index in [1.54, 1.807) is 16.8 Å². The number of nitrogens with zero attached hydrogens (tertiary/aromatic N) is 2. The van der Waals surface area contributed by atoms with Crippen molar-refractivity contribution in [1.29, 1.82) is 0 Å². The molecule has 2 aromatic rings. The smallest absolute Gasteiger partial charge is 0.185 e. The lowest BCUT2D eigenvalue weighted by molar-refractivity contribution is 0.104. The molecule has 1 aromatic heterocycles. The van der Waals surface area contributed by atoms with E-state index in [1.165, 1.54) is 0 Å². The molecule has 0 unspecified atom stereocenters. The fraction of sp³-hybridized carbons (Fsp3) is 0.400. The lowest BCUT2D eigenvalue weighted by Gasteiger charge is -2.10. The molecule has 1 fully saturated rings. The minimum absolute atomic E-state index is 0.0527. The molecule has 0 aliphatic carbocycles. The molecule has 1 atom stereocenters. The molecule has 0 bridgehead atoms. The van der Waals surface area contributed by atoms with E-state index in [0.29, 0.717) is 12.0 Å². The maximum Gasteiger partial charge on any atom is 0.185 e. The summed E-state index contributed by atoms with van der Waals surface area (Å²) in [5.74, 6) is 0.301. The number of allylic oxidation sites excluding steroid dienone is 1. The van der Waals surface area contributed by atoms with Crippen molar-refractivity contribution < 1.29 is 13.2 Å². The van der Waals surface area contributed by atoms with Crippen LogP contribution < -0.4 is 0 Å². The number of hydrogen-bond donors (Lipinski definition) is 0. The molecule has 2 heterocycles. The van der Waals surface area contributed by atoms with Gasteiger partial charge in [0, 0.05) is 16.8 Å². The summed E-state index contributed by atoms with van der Waals surface area (Å²) in [5.41, 5.74) is 5.49. The first-order valence-electron chi connectivity index (χ1n) is 8.74. The van der Waals surface area contributed by atoms with E-state index >= 15 is 0 Å². The zero-order valence-electron chi connectivity index (χ0n) is 15.6. The van der Waals surface area contributed by atoms with Gasteiger partial charge >= 0.3 is 0 Å². The Kier molecular flexibility index (Phi) is 4.88. The standard InChI is InChI=1S/C20H24N2O3S/c1-13-5-6-17(11-14(13)2)20(23)8-7-19-15(3)21-22(16(19)4)18-9-10-26(24,25)12-18/h5-8,11,18H,9-10,12H2,1-4H3/b8-7+/t18-/m1/s1. The van der Waals surface area contributed by atoms with Gasteiger partial charge in [-0.05, 0) is 63.5 Å². The van der Waals surface area contributed by atoms with Gasteiger partial charge in [-0.2, -0.15) is 5.10 Å². The van der Waals surface area contributed by atoms with Crippen LogP contribution in [0.25, 0.3) is 6.08 Å². The van der Waals surface area contributed by atoms with Crippen molar-refractivity contribution in [2.75, 3.05) is 11.5 Å². The van der Waals surface area contributed by atoms with Crippen LogP contribution in [0.15, 0.2) is 24.3 Å². The Balaban J connectivity index is 1.85. The predicted octanol–water partition coefficient (Wildman–Crippen LogP) is 3.37. The minimum atomic E-state index is -2.97. The van der Waals surface area contributed by atoms with Crippen molar-refractivity contribution in [3.05, 3.63) is 57.9 Å². The Hall–Kier alpha value is -2.21. The number of rotatable bonds is 4. The summed E-state index contributed by atoms with van der Waals surface area (Å²) in [4.78, 5) is 12.5. The molecule has 1 aliphatic rings. The summed E-state index contributed by atoms with van der Waals surface area (Å²) < 4.78 is 25.3. The Labute approximate surface area is 154 Å². The van der Waals surface area contributed by atoms with Crippen LogP contribution in [0.4, 0.5) is 0 Å². The van der Waals surface area contributed by atoms with Gasteiger partial charge in [-0.1, -0.05) is 12.1 Å². The first-order valence-corrected chi connectivity index (χ1v) is 10.6. The van der Waals surface area contributed by atoms with Crippen LogP contribution in [-0.2, 0) is 9.84 Å². The van der Waals surface area contributed by atoms with Crippen LogP contribution in [0.1, 0.15) is 50.9 Å². The van der Waals surface area contributed by atoms with E-state index in [0.717, 1.165) is 28.1 Å². The van der Waals surface area contributed by atoms with Gasteiger partial charge in [0.25, 0.3) is 0 Å². The molecule has 1 aromatic carbocycles. The van der Waals surface area contributed by atoms with Gasteiger partial charge in [0.2, 0.25) is 0 Å². The van der Waals surface area contributed by atoms with E-state index < -0.39 is 9.84 Å².